The normalized spacial score (nSPS) is 9.83. The molecule has 4 N–H and O–H groups in total. The minimum Gasteiger partial charge on any atom is -0.399 e. The van der Waals surface area contributed by atoms with E-state index in [0.29, 0.717) is 25.1 Å². The maximum absolute atomic E-state index is 11.5. The molecule has 1 rings (SSSR count). The monoisotopic (exact) mass is 249 g/mol. The third-order valence-corrected chi connectivity index (χ3v) is 2.50. The van der Waals surface area contributed by atoms with Crippen LogP contribution in [-0.2, 0) is 16.0 Å². The van der Waals surface area contributed by atoms with Gasteiger partial charge in [0.1, 0.15) is 0 Å². The van der Waals surface area contributed by atoms with Crippen LogP contribution < -0.4 is 16.4 Å². The number of carbonyl (C=O) groups is 2. The number of aryl methyl sites for hydroxylation is 1. The molecule has 2 amide bonds. The van der Waals surface area contributed by atoms with Gasteiger partial charge in [0.15, 0.2) is 0 Å². The van der Waals surface area contributed by atoms with Crippen molar-refractivity contribution in [1.29, 1.82) is 0 Å². The van der Waals surface area contributed by atoms with E-state index >= 15 is 0 Å². The fourth-order valence-electron chi connectivity index (χ4n) is 1.54. The zero-order valence-corrected chi connectivity index (χ0v) is 10.5. The van der Waals surface area contributed by atoms with Crippen LogP contribution >= 0.6 is 0 Å². The highest BCUT2D eigenvalue weighted by molar-refractivity contribution is 5.84. The summed E-state index contributed by atoms with van der Waals surface area (Å²) < 4.78 is 0. The first-order valence-corrected chi connectivity index (χ1v) is 6.00. The summed E-state index contributed by atoms with van der Waals surface area (Å²) in [6.07, 6.45) is 0.904. The van der Waals surface area contributed by atoms with Crippen LogP contribution in [0.3, 0.4) is 0 Å². The highest BCUT2D eigenvalue weighted by Gasteiger charge is 2.06. The highest BCUT2D eigenvalue weighted by Crippen LogP contribution is 2.12. The number of nitrogen functional groups attached to an aromatic ring is 1. The summed E-state index contributed by atoms with van der Waals surface area (Å²) in [6, 6.07) is 7.45. The molecule has 0 aromatic heterocycles. The number of benzene rings is 1. The zero-order chi connectivity index (χ0) is 13.4. The molecule has 0 aliphatic heterocycles. The molecular formula is C13H19N3O2. The van der Waals surface area contributed by atoms with Crippen LogP contribution in [0.2, 0.25) is 0 Å². The molecule has 0 unspecified atom stereocenters. The summed E-state index contributed by atoms with van der Waals surface area (Å²) in [5.41, 5.74) is 7.41. The molecule has 18 heavy (non-hydrogen) atoms. The predicted octanol–water partition coefficient (Wildman–Crippen LogP) is 0.454. The molecule has 0 fully saturated rings. The van der Waals surface area contributed by atoms with Crippen molar-refractivity contribution in [3.63, 3.8) is 0 Å². The van der Waals surface area contributed by atoms with Crippen LogP contribution in [-0.4, -0.2) is 24.9 Å². The molecule has 5 heteroatoms. The van der Waals surface area contributed by atoms with E-state index in [9.17, 15) is 9.59 Å². The van der Waals surface area contributed by atoms with Crippen molar-refractivity contribution in [2.75, 3.05) is 18.8 Å². The van der Waals surface area contributed by atoms with Gasteiger partial charge < -0.3 is 16.4 Å². The van der Waals surface area contributed by atoms with Crippen molar-refractivity contribution in [3.05, 3.63) is 29.8 Å². The van der Waals surface area contributed by atoms with Gasteiger partial charge in [-0.3, -0.25) is 9.59 Å². The number of anilines is 1. The first kappa shape index (κ1) is 14.0. The van der Waals surface area contributed by atoms with Crippen LogP contribution in [0.5, 0.6) is 0 Å². The second-order valence-electron chi connectivity index (χ2n) is 3.93. The fourth-order valence-corrected chi connectivity index (χ4v) is 1.54. The molecule has 0 spiro atoms. The van der Waals surface area contributed by atoms with Gasteiger partial charge in [0.25, 0.3) is 0 Å². The number of hydrogen-bond acceptors (Lipinski definition) is 3. The van der Waals surface area contributed by atoms with Gasteiger partial charge in [0, 0.05) is 18.7 Å². The Morgan fingerprint density at radius 2 is 1.89 bits per heavy atom. The Balaban J connectivity index is 2.29. The van der Waals surface area contributed by atoms with Gasteiger partial charge in [-0.2, -0.15) is 0 Å². The summed E-state index contributed by atoms with van der Waals surface area (Å²) in [5.74, 6) is -0.324. The maximum Gasteiger partial charge on any atom is 0.239 e. The van der Waals surface area contributed by atoms with Crippen LogP contribution in [0.25, 0.3) is 0 Å². The molecule has 98 valence electrons. The van der Waals surface area contributed by atoms with Crippen molar-refractivity contribution in [2.45, 2.75) is 19.8 Å². The van der Waals surface area contributed by atoms with E-state index in [1.807, 2.05) is 31.2 Å². The zero-order valence-electron chi connectivity index (χ0n) is 10.5. The maximum atomic E-state index is 11.5. The van der Waals surface area contributed by atoms with Crippen molar-refractivity contribution >= 4 is 17.5 Å². The number of likely N-dealkylation sites (N-methyl/N-ethyl adjacent to an activating group) is 1. The first-order chi connectivity index (χ1) is 8.63. The van der Waals surface area contributed by atoms with Crippen molar-refractivity contribution in [3.8, 4) is 0 Å². The summed E-state index contributed by atoms with van der Waals surface area (Å²) in [4.78, 5) is 22.6. The Labute approximate surface area is 107 Å². The topological polar surface area (TPSA) is 84.2 Å². The van der Waals surface area contributed by atoms with Gasteiger partial charge >= 0.3 is 0 Å². The Morgan fingerprint density at radius 1 is 1.17 bits per heavy atom. The number of hydrogen-bond donors (Lipinski definition) is 3. The summed E-state index contributed by atoms with van der Waals surface area (Å²) in [7, 11) is 0. The summed E-state index contributed by atoms with van der Waals surface area (Å²) in [5, 5.41) is 5.18. The van der Waals surface area contributed by atoms with Crippen molar-refractivity contribution < 1.29 is 9.59 Å². The number of nitrogens with two attached hydrogens (primary N) is 1. The molecule has 0 radical (unpaired) electrons. The average molecular weight is 249 g/mol. The molecule has 0 atom stereocenters. The molecule has 0 heterocycles. The van der Waals surface area contributed by atoms with Gasteiger partial charge in [-0.1, -0.05) is 18.2 Å². The Morgan fingerprint density at radius 3 is 2.56 bits per heavy atom. The minimum atomic E-state index is -0.176. The second-order valence-corrected chi connectivity index (χ2v) is 3.93. The molecule has 0 aliphatic carbocycles. The predicted molar refractivity (Wildman–Crippen MR) is 70.9 cm³/mol. The molecule has 5 nitrogen and oxygen atoms in total. The van der Waals surface area contributed by atoms with E-state index in [1.165, 1.54) is 0 Å². The SMILES string of the molecule is CCNC(=O)CNC(=O)CCc1ccccc1N. The third-order valence-electron chi connectivity index (χ3n) is 2.50. The quantitative estimate of drug-likeness (QED) is 0.640. The smallest absolute Gasteiger partial charge is 0.239 e. The Hall–Kier alpha value is -2.04. The van der Waals surface area contributed by atoms with Crippen LogP contribution in [0.15, 0.2) is 24.3 Å². The van der Waals surface area contributed by atoms with Crippen LogP contribution in [0, 0.1) is 0 Å². The summed E-state index contributed by atoms with van der Waals surface area (Å²) in [6.45, 7) is 2.42. The van der Waals surface area contributed by atoms with Gasteiger partial charge in [-0.05, 0) is 25.0 Å². The second kappa shape index (κ2) is 7.32. The Kier molecular flexibility index (Phi) is 5.70. The van der Waals surface area contributed by atoms with E-state index in [4.69, 9.17) is 5.73 Å². The molecule has 0 bridgehead atoms. The lowest BCUT2D eigenvalue weighted by Crippen LogP contribution is -2.36. The van der Waals surface area contributed by atoms with Crippen molar-refractivity contribution in [1.82, 2.24) is 10.6 Å². The van der Waals surface area contributed by atoms with E-state index < -0.39 is 0 Å². The lowest BCUT2D eigenvalue weighted by Gasteiger charge is -2.06. The van der Waals surface area contributed by atoms with Gasteiger partial charge in [-0.15, -0.1) is 0 Å². The number of rotatable bonds is 6. The lowest BCUT2D eigenvalue weighted by molar-refractivity contribution is -0.126. The van der Waals surface area contributed by atoms with E-state index in [2.05, 4.69) is 10.6 Å². The van der Waals surface area contributed by atoms with E-state index in [1.54, 1.807) is 0 Å². The largest absolute Gasteiger partial charge is 0.399 e. The van der Waals surface area contributed by atoms with Crippen molar-refractivity contribution in [2.24, 2.45) is 0 Å². The number of amides is 2. The van der Waals surface area contributed by atoms with Gasteiger partial charge in [0.05, 0.1) is 6.54 Å². The molecular weight excluding hydrogens is 230 g/mol. The number of para-hydroxylation sites is 1. The van der Waals surface area contributed by atoms with Crippen LogP contribution in [0.4, 0.5) is 5.69 Å². The number of carbonyl (C=O) groups excluding carboxylic acids is 2. The van der Waals surface area contributed by atoms with Crippen LogP contribution in [0.1, 0.15) is 18.9 Å². The minimum absolute atomic E-state index is 0.0247. The number of nitrogens with one attached hydrogen (secondary N) is 2. The summed E-state index contributed by atoms with van der Waals surface area (Å²) >= 11 is 0. The van der Waals surface area contributed by atoms with E-state index in [-0.39, 0.29) is 18.4 Å². The lowest BCUT2D eigenvalue weighted by atomic mass is 10.1. The fraction of sp³-hybridized carbons (Fsp3) is 0.385. The molecule has 0 aliphatic rings. The first-order valence-electron chi connectivity index (χ1n) is 6.00. The molecule has 0 saturated heterocycles. The van der Waals surface area contributed by atoms with Gasteiger partial charge in [-0.25, -0.2) is 0 Å². The van der Waals surface area contributed by atoms with Gasteiger partial charge in [0.2, 0.25) is 11.8 Å². The Bertz CT molecular complexity index is 418. The standard InChI is InChI=1S/C13H19N3O2/c1-2-15-13(18)9-16-12(17)8-7-10-5-3-4-6-11(10)14/h3-6H,2,7-9,14H2,1H3,(H,15,18)(H,16,17). The molecule has 1 aromatic carbocycles. The third kappa shape index (κ3) is 4.86. The highest BCUT2D eigenvalue weighted by atomic mass is 16.2. The molecule has 0 saturated carbocycles. The average Bonchev–Trinajstić information content (AvgIpc) is 2.36. The van der Waals surface area contributed by atoms with E-state index in [0.717, 1.165) is 5.56 Å². The molecule has 1 aromatic rings.